The molecule has 0 radical (unpaired) electrons. The first-order chi connectivity index (χ1) is 10.2. The fraction of sp³-hybridized carbons (Fsp3) is 0.733. The molecule has 0 spiro atoms. The molecule has 2 rings (SSSR count). The molecule has 1 aromatic heterocycles. The molecule has 21 heavy (non-hydrogen) atoms. The van der Waals surface area contributed by atoms with E-state index in [0.29, 0.717) is 13.2 Å². The number of methoxy groups -OCH3 is 1. The van der Waals surface area contributed by atoms with Crippen LogP contribution in [-0.2, 0) is 15.9 Å². The number of ether oxygens (including phenoxy) is 2. The predicted octanol–water partition coefficient (Wildman–Crippen LogP) is 2.08. The van der Waals surface area contributed by atoms with E-state index in [9.17, 15) is 0 Å². The average Bonchev–Trinajstić information content (AvgIpc) is 2.97. The lowest BCUT2D eigenvalue weighted by molar-refractivity contribution is -0.00626. The van der Waals surface area contributed by atoms with Crippen LogP contribution in [0.4, 0.5) is 11.6 Å². The Labute approximate surface area is 126 Å². The van der Waals surface area contributed by atoms with Crippen molar-refractivity contribution in [2.45, 2.75) is 38.7 Å². The predicted molar refractivity (Wildman–Crippen MR) is 83.9 cm³/mol. The third-order valence-corrected chi connectivity index (χ3v) is 3.87. The summed E-state index contributed by atoms with van der Waals surface area (Å²) in [6.07, 6.45) is 4.51. The molecular weight excluding hydrogens is 268 g/mol. The molecule has 1 aromatic rings. The van der Waals surface area contributed by atoms with Crippen molar-refractivity contribution in [3.05, 3.63) is 11.9 Å². The normalized spacial score (nSPS) is 21.5. The van der Waals surface area contributed by atoms with Gasteiger partial charge in [-0.25, -0.2) is 9.97 Å². The summed E-state index contributed by atoms with van der Waals surface area (Å²) in [6, 6.07) is 0. The number of hydrogen-bond acceptors (Lipinski definition) is 6. The van der Waals surface area contributed by atoms with Crippen molar-refractivity contribution in [3.63, 3.8) is 0 Å². The van der Waals surface area contributed by atoms with Gasteiger partial charge in [0.25, 0.3) is 0 Å². The van der Waals surface area contributed by atoms with Crippen molar-refractivity contribution >= 4 is 11.6 Å². The molecule has 1 saturated heterocycles. The first kappa shape index (κ1) is 16.0. The molecule has 0 aromatic carbocycles. The molecule has 1 aliphatic heterocycles. The second-order valence-corrected chi connectivity index (χ2v) is 5.37. The molecule has 6 heteroatoms. The first-order valence-corrected chi connectivity index (χ1v) is 7.69. The van der Waals surface area contributed by atoms with Gasteiger partial charge in [0.05, 0.1) is 6.61 Å². The van der Waals surface area contributed by atoms with Gasteiger partial charge in [-0.3, -0.25) is 0 Å². The summed E-state index contributed by atoms with van der Waals surface area (Å²) in [5, 5.41) is 6.74. The lowest BCUT2D eigenvalue weighted by Crippen LogP contribution is -2.40. The van der Waals surface area contributed by atoms with Crippen molar-refractivity contribution in [1.82, 2.24) is 9.97 Å². The minimum atomic E-state index is -0.243. The van der Waals surface area contributed by atoms with Crippen LogP contribution in [0, 0.1) is 0 Å². The van der Waals surface area contributed by atoms with Gasteiger partial charge in [-0.05, 0) is 13.3 Å². The molecule has 0 aliphatic carbocycles. The van der Waals surface area contributed by atoms with Crippen LogP contribution in [0.15, 0.2) is 6.33 Å². The Morgan fingerprint density at radius 2 is 2.05 bits per heavy atom. The largest absolute Gasteiger partial charge is 0.378 e. The molecule has 0 bridgehead atoms. The fourth-order valence-corrected chi connectivity index (χ4v) is 2.58. The number of nitrogens with zero attached hydrogens (tertiary/aromatic N) is 2. The monoisotopic (exact) mass is 294 g/mol. The minimum absolute atomic E-state index is 0.243. The van der Waals surface area contributed by atoms with Gasteiger partial charge in [-0.15, -0.1) is 0 Å². The van der Waals surface area contributed by atoms with Crippen LogP contribution in [0.25, 0.3) is 0 Å². The second kappa shape index (κ2) is 7.56. The highest BCUT2D eigenvalue weighted by atomic mass is 16.5. The Morgan fingerprint density at radius 1 is 1.29 bits per heavy atom. The minimum Gasteiger partial charge on any atom is -0.378 e. The zero-order valence-electron chi connectivity index (χ0n) is 13.2. The van der Waals surface area contributed by atoms with E-state index in [2.05, 4.69) is 34.4 Å². The van der Waals surface area contributed by atoms with E-state index < -0.39 is 0 Å². The summed E-state index contributed by atoms with van der Waals surface area (Å²) < 4.78 is 11.1. The maximum absolute atomic E-state index is 5.65. The third kappa shape index (κ3) is 3.83. The zero-order valence-corrected chi connectivity index (χ0v) is 13.2. The molecular formula is C15H26N4O2. The topological polar surface area (TPSA) is 68.3 Å². The SMILES string of the molecule is CCCc1c(NCC)ncnc1NCC1(OC)CCOC1. The van der Waals surface area contributed by atoms with Crippen molar-refractivity contribution < 1.29 is 9.47 Å². The van der Waals surface area contributed by atoms with Gasteiger partial charge in [0.1, 0.15) is 23.6 Å². The highest BCUT2D eigenvalue weighted by Crippen LogP contribution is 2.26. The molecule has 0 saturated carbocycles. The molecule has 2 N–H and O–H groups in total. The fourth-order valence-electron chi connectivity index (χ4n) is 2.58. The van der Waals surface area contributed by atoms with Crippen molar-refractivity contribution in [1.29, 1.82) is 0 Å². The summed E-state index contributed by atoms with van der Waals surface area (Å²) in [5.41, 5.74) is 0.902. The Hall–Kier alpha value is -1.40. The molecule has 2 heterocycles. The summed E-state index contributed by atoms with van der Waals surface area (Å²) in [4.78, 5) is 8.75. The van der Waals surface area contributed by atoms with E-state index in [4.69, 9.17) is 9.47 Å². The number of anilines is 2. The van der Waals surface area contributed by atoms with Gasteiger partial charge in [-0.2, -0.15) is 0 Å². The molecule has 1 fully saturated rings. The van der Waals surface area contributed by atoms with Gasteiger partial charge in [0.15, 0.2) is 0 Å². The summed E-state index contributed by atoms with van der Waals surface area (Å²) in [7, 11) is 1.74. The third-order valence-electron chi connectivity index (χ3n) is 3.87. The summed E-state index contributed by atoms with van der Waals surface area (Å²) >= 11 is 0. The molecule has 1 aliphatic rings. The van der Waals surface area contributed by atoms with Gasteiger partial charge in [0.2, 0.25) is 0 Å². The zero-order chi connectivity index (χ0) is 15.1. The first-order valence-electron chi connectivity index (χ1n) is 7.69. The van der Waals surface area contributed by atoms with Crippen LogP contribution in [0.5, 0.6) is 0 Å². The summed E-state index contributed by atoms with van der Waals surface area (Å²) in [6.45, 7) is 7.16. The van der Waals surface area contributed by atoms with Gasteiger partial charge >= 0.3 is 0 Å². The molecule has 0 amide bonds. The highest BCUT2D eigenvalue weighted by Gasteiger charge is 2.35. The second-order valence-electron chi connectivity index (χ2n) is 5.37. The Kier molecular flexibility index (Phi) is 5.76. The number of rotatable bonds is 8. The van der Waals surface area contributed by atoms with E-state index in [1.54, 1.807) is 13.4 Å². The number of aromatic nitrogens is 2. The lowest BCUT2D eigenvalue weighted by atomic mass is 10.0. The standard InChI is InChI=1S/C15H26N4O2/c1-4-6-12-13(16-5-2)18-11-19-14(12)17-9-15(20-3)7-8-21-10-15/h11H,4-10H2,1-3H3,(H2,16,17,18,19). The van der Waals surface area contributed by atoms with Crippen molar-refractivity contribution in [3.8, 4) is 0 Å². The molecule has 1 atom stereocenters. The number of nitrogens with one attached hydrogen (secondary N) is 2. The van der Waals surface area contributed by atoms with E-state index >= 15 is 0 Å². The number of hydrogen-bond donors (Lipinski definition) is 2. The van der Waals surface area contributed by atoms with Crippen molar-refractivity contribution in [2.75, 3.05) is 44.0 Å². The Bertz CT molecular complexity index is 447. The van der Waals surface area contributed by atoms with Crippen LogP contribution in [0.3, 0.4) is 0 Å². The Balaban J connectivity index is 2.12. The van der Waals surface area contributed by atoms with E-state index in [1.165, 1.54) is 0 Å². The van der Waals surface area contributed by atoms with Gasteiger partial charge in [0, 0.05) is 38.8 Å². The average molecular weight is 294 g/mol. The highest BCUT2D eigenvalue weighted by molar-refractivity contribution is 5.57. The molecule has 118 valence electrons. The van der Waals surface area contributed by atoms with Gasteiger partial charge < -0.3 is 20.1 Å². The summed E-state index contributed by atoms with van der Waals surface area (Å²) in [5.74, 6) is 1.82. The van der Waals surface area contributed by atoms with Crippen molar-refractivity contribution in [2.24, 2.45) is 0 Å². The molecule has 1 unspecified atom stereocenters. The van der Waals surface area contributed by atoms with Crippen LogP contribution >= 0.6 is 0 Å². The lowest BCUT2D eigenvalue weighted by Gasteiger charge is -2.27. The smallest absolute Gasteiger partial charge is 0.134 e. The van der Waals surface area contributed by atoms with Crippen LogP contribution in [0.1, 0.15) is 32.3 Å². The van der Waals surface area contributed by atoms with Crippen LogP contribution < -0.4 is 10.6 Å². The molecule has 6 nitrogen and oxygen atoms in total. The maximum Gasteiger partial charge on any atom is 0.134 e. The van der Waals surface area contributed by atoms with Crippen LogP contribution in [-0.4, -0.2) is 49.0 Å². The van der Waals surface area contributed by atoms with E-state index in [1.807, 2.05) is 0 Å². The van der Waals surface area contributed by atoms with E-state index in [0.717, 1.165) is 49.6 Å². The van der Waals surface area contributed by atoms with Crippen LogP contribution in [0.2, 0.25) is 0 Å². The Morgan fingerprint density at radius 3 is 2.62 bits per heavy atom. The van der Waals surface area contributed by atoms with Gasteiger partial charge in [-0.1, -0.05) is 13.3 Å². The quantitative estimate of drug-likeness (QED) is 0.765. The maximum atomic E-state index is 5.65. The van der Waals surface area contributed by atoms with E-state index in [-0.39, 0.29) is 5.60 Å².